The van der Waals surface area contributed by atoms with Gasteiger partial charge in [0.05, 0.1) is 24.0 Å². The molecule has 0 spiro atoms. The van der Waals surface area contributed by atoms with Crippen LogP contribution < -0.4 is 10.6 Å². The average Bonchev–Trinajstić information content (AvgIpc) is 3.43. The first-order chi connectivity index (χ1) is 18.1. The molecule has 1 amide bonds. The number of benzene rings is 1. The maximum Gasteiger partial charge on any atom is 0.311 e. The van der Waals surface area contributed by atoms with Crippen molar-refractivity contribution in [2.75, 3.05) is 0 Å². The molecule has 1 aliphatic carbocycles. The lowest BCUT2D eigenvalue weighted by molar-refractivity contribution is -0.797. The van der Waals surface area contributed by atoms with Gasteiger partial charge < -0.3 is 29.8 Å². The van der Waals surface area contributed by atoms with Crippen molar-refractivity contribution in [1.82, 2.24) is 10.6 Å². The summed E-state index contributed by atoms with van der Waals surface area (Å²) >= 11 is 5.97. The number of fused-ring (bicyclic) bond motifs is 1. The van der Waals surface area contributed by atoms with E-state index in [1.165, 1.54) is 6.26 Å². The van der Waals surface area contributed by atoms with Gasteiger partial charge in [0.2, 0.25) is 5.91 Å². The molecule has 2 aliphatic heterocycles. The predicted molar refractivity (Wildman–Crippen MR) is 128 cm³/mol. The van der Waals surface area contributed by atoms with E-state index in [0.29, 0.717) is 16.3 Å². The number of ether oxygens (including phenoxy) is 2. The summed E-state index contributed by atoms with van der Waals surface area (Å²) in [5, 5.41) is 25.4. The van der Waals surface area contributed by atoms with E-state index >= 15 is 0 Å². The van der Waals surface area contributed by atoms with Crippen molar-refractivity contribution in [2.45, 2.75) is 57.0 Å². The Morgan fingerprint density at radius 3 is 2.34 bits per heavy atom. The molecule has 14 nitrogen and oxygen atoms in total. The van der Waals surface area contributed by atoms with Crippen LogP contribution in [-0.4, -0.2) is 40.3 Å². The number of hydrogen-bond donors (Lipinski definition) is 2. The molecule has 2 heterocycles. The lowest BCUT2D eigenvalue weighted by Gasteiger charge is -2.21. The minimum absolute atomic E-state index is 0.0640. The first kappa shape index (κ1) is 26.7. The van der Waals surface area contributed by atoms with Crippen LogP contribution in [0, 0.1) is 20.2 Å². The number of carbonyl (C=O) groups is 2. The van der Waals surface area contributed by atoms with Gasteiger partial charge in [-0.1, -0.05) is 23.7 Å². The van der Waals surface area contributed by atoms with Crippen molar-refractivity contribution in [3.8, 4) is 0 Å². The van der Waals surface area contributed by atoms with Crippen molar-refractivity contribution in [3.63, 3.8) is 0 Å². The molecule has 0 saturated heterocycles. The van der Waals surface area contributed by atoms with E-state index in [9.17, 15) is 29.8 Å². The summed E-state index contributed by atoms with van der Waals surface area (Å²) in [5.74, 6) is -0.920. The minimum atomic E-state index is -1.21. The van der Waals surface area contributed by atoms with Crippen LogP contribution in [0.3, 0.4) is 0 Å². The molecular formula is C23H23ClN4O10. The molecule has 38 heavy (non-hydrogen) atoms. The van der Waals surface area contributed by atoms with Gasteiger partial charge in [-0.2, -0.15) is 0 Å². The fourth-order valence-electron chi connectivity index (χ4n) is 4.44. The lowest BCUT2D eigenvalue weighted by atomic mass is 9.95. The maximum absolute atomic E-state index is 12.6. The first-order valence-corrected chi connectivity index (χ1v) is 11.9. The van der Waals surface area contributed by atoms with Crippen molar-refractivity contribution in [3.05, 3.63) is 90.1 Å². The van der Waals surface area contributed by atoms with Crippen LogP contribution in [0.1, 0.15) is 44.3 Å². The van der Waals surface area contributed by atoms with E-state index in [2.05, 4.69) is 20.3 Å². The molecular weight excluding hydrogens is 528 g/mol. The Labute approximate surface area is 220 Å². The van der Waals surface area contributed by atoms with Gasteiger partial charge in [-0.05, 0) is 37.5 Å². The highest BCUT2D eigenvalue weighted by Gasteiger charge is 2.40. The van der Waals surface area contributed by atoms with Gasteiger partial charge in [-0.3, -0.25) is 9.59 Å². The quantitative estimate of drug-likeness (QED) is 0.248. The average molecular weight is 551 g/mol. The number of carbonyl (C=O) groups excluding carboxylic acids is 2. The van der Waals surface area contributed by atoms with Gasteiger partial charge in [0.1, 0.15) is 12.2 Å². The molecule has 4 atom stereocenters. The van der Waals surface area contributed by atoms with E-state index in [0.717, 1.165) is 11.1 Å². The molecule has 2 N–H and O–H groups in total. The fraction of sp³-hybridized carbons (Fsp3) is 0.391. The number of hydrogen-bond acceptors (Lipinski definition) is 11. The summed E-state index contributed by atoms with van der Waals surface area (Å²) in [6, 6.07) is 6.50. The molecule has 3 aliphatic rings. The highest BCUT2D eigenvalue weighted by molar-refractivity contribution is 6.30. The van der Waals surface area contributed by atoms with Gasteiger partial charge >= 0.3 is 5.97 Å². The molecule has 0 aromatic heterocycles. The zero-order valence-electron chi connectivity index (χ0n) is 20.0. The molecule has 4 rings (SSSR count). The van der Waals surface area contributed by atoms with E-state index in [1.807, 2.05) is 12.1 Å². The third-order valence-corrected chi connectivity index (χ3v) is 6.40. The smallest absolute Gasteiger partial charge is 0.311 e. The van der Waals surface area contributed by atoms with Crippen molar-refractivity contribution >= 4 is 23.5 Å². The number of rotatable bonds is 10. The van der Waals surface area contributed by atoms with Crippen molar-refractivity contribution < 1.29 is 38.9 Å². The van der Waals surface area contributed by atoms with Crippen LogP contribution in [-0.2, 0) is 28.7 Å². The highest BCUT2D eigenvalue weighted by Crippen LogP contribution is 2.42. The number of esters is 1. The Morgan fingerprint density at radius 2 is 1.74 bits per heavy atom. The molecule has 1 unspecified atom stereocenters. The van der Waals surface area contributed by atoms with Crippen LogP contribution in [0.4, 0.5) is 0 Å². The predicted octanol–water partition coefficient (Wildman–Crippen LogP) is 2.77. The minimum Gasteiger partial charge on any atom is -0.488 e. The molecule has 1 aromatic rings. The number of halogens is 1. The summed E-state index contributed by atoms with van der Waals surface area (Å²) in [6.07, 6.45) is -0.171. The molecule has 15 heteroatoms. The second-order valence-corrected chi connectivity index (χ2v) is 9.18. The maximum atomic E-state index is 12.6. The summed E-state index contributed by atoms with van der Waals surface area (Å²) in [6.45, 7) is 1.73. The topological polar surface area (TPSA) is 181 Å². The largest absolute Gasteiger partial charge is 0.488 e. The van der Waals surface area contributed by atoms with Crippen LogP contribution in [0.5, 0.6) is 0 Å². The highest BCUT2D eigenvalue weighted by atomic mass is 35.5. The van der Waals surface area contributed by atoms with Crippen LogP contribution >= 0.6 is 11.6 Å². The number of nitrogens with one attached hydrogen (secondary N) is 2. The van der Waals surface area contributed by atoms with E-state index in [-0.39, 0.29) is 31.4 Å². The van der Waals surface area contributed by atoms with Crippen LogP contribution in [0.15, 0.2) is 59.3 Å². The molecule has 1 saturated carbocycles. The number of amides is 1. The van der Waals surface area contributed by atoms with Crippen molar-refractivity contribution in [1.29, 1.82) is 0 Å². The van der Waals surface area contributed by atoms with Gasteiger partial charge in [-0.15, -0.1) is 20.2 Å². The van der Waals surface area contributed by atoms with Gasteiger partial charge in [0, 0.05) is 29.3 Å². The molecule has 1 aromatic carbocycles. The Hall–Kier alpha value is -4.33. The normalized spacial score (nSPS) is 23.7. The molecule has 202 valence electrons. The second kappa shape index (κ2) is 11.4. The SMILES string of the molecule is CC1=C(OC(=O)CCC(=O)N[C@@H]2C[C@H](O[N+](=O)[O-])[C@H](O[N+](=O)[O-])C2)C2=COC(c3ccc(Cl)cc3)C2=CN1. The van der Waals surface area contributed by atoms with Gasteiger partial charge in [0.25, 0.3) is 10.2 Å². The summed E-state index contributed by atoms with van der Waals surface area (Å²) in [4.78, 5) is 55.1. The molecule has 0 bridgehead atoms. The van der Waals surface area contributed by atoms with Gasteiger partial charge in [0.15, 0.2) is 11.9 Å². The standard InChI is InChI=1S/C23H23ClN4O10/c1-12-22(17-11-35-23(16(17)10-25-12)13-2-4-14(24)5-3-13)36-21(30)7-6-20(29)26-15-8-18(37-27(31)32)19(9-15)38-28(33)34/h2-5,10-11,15,18-19,23,25H,6-9H2,1H3,(H,26,29)/t15-,18+,19-,23?. The zero-order valence-corrected chi connectivity index (χ0v) is 20.7. The number of allylic oxidation sites excluding steroid dienone is 2. The summed E-state index contributed by atoms with van der Waals surface area (Å²) in [5.41, 5.74) is 2.80. The van der Waals surface area contributed by atoms with E-state index < -0.39 is 46.4 Å². The van der Waals surface area contributed by atoms with Crippen LogP contribution in [0.25, 0.3) is 0 Å². The summed E-state index contributed by atoms with van der Waals surface area (Å²) in [7, 11) is 0. The van der Waals surface area contributed by atoms with E-state index in [4.69, 9.17) is 21.1 Å². The van der Waals surface area contributed by atoms with Crippen LogP contribution in [0.2, 0.25) is 5.02 Å². The van der Waals surface area contributed by atoms with Crippen molar-refractivity contribution in [2.24, 2.45) is 0 Å². The first-order valence-electron chi connectivity index (χ1n) is 11.5. The third-order valence-electron chi connectivity index (χ3n) is 6.15. The number of dihydropyridines is 1. The fourth-order valence-corrected chi connectivity index (χ4v) is 4.57. The zero-order chi connectivity index (χ0) is 27.4. The Bertz CT molecular complexity index is 1210. The third kappa shape index (κ3) is 6.32. The summed E-state index contributed by atoms with van der Waals surface area (Å²) < 4.78 is 11.4. The molecule has 0 radical (unpaired) electrons. The Balaban J connectivity index is 1.29. The second-order valence-electron chi connectivity index (χ2n) is 8.74. The monoisotopic (exact) mass is 550 g/mol. The molecule has 1 fully saturated rings. The lowest BCUT2D eigenvalue weighted by Crippen LogP contribution is -2.34. The number of nitrogens with zero attached hydrogens (tertiary/aromatic N) is 2. The Kier molecular flexibility index (Phi) is 8.00. The Morgan fingerprint density at radius 1 is 1.11 bits per heavy atom. The van der Waals surface area contributed by atoms with E-state index in [1.54, 1.807) is 25.3 Å². The van der Waals surface area contributed by atoms with Gasteiger partial charge in [-0.25, -0.2) is 0 Å².